The van der Waals surface area contributed by atoms with Crippen LogP contribution in [0.2, 0.25) is 0 Å². The highest BCUT2D eigenvalue weighted by Gasteiger charge is 2.52. The Kier molecular flexibility index (Phi) is 4.71. The van der Waals surface area contributed by atoms with Crippen molar-refractivity contribution in [2.75, 3.05) is 34.3 Å². The molecule has 3 atom stereocenters. The number of hydrogen-bond acceptors (Lipinski definition) is 5. The summed E-state index contributed by atoms with van der Waals surface area (Å²) in [5.74, 6) is 1.73. The monoisotopic (exact) mass is 358 g/mol. The van der Waals surface area contributed by atoms with Crippen LogP contribution in [0.3, 0.4) is 0 Å². The molecule has 1 aromatic rings. The number of benzene rings is 1. The first-order chi connectivity index (χ1) is 12.5. The summed E-state index contributed by atoms with van der Waals surface area (Å²) in [7, 11) is 5.95. The fraction of sp³-hybridized carbons (Fsp3) is 0.619. The maximum Gasteiger partial charge on any atom is 0.166 e. The average molecular weight is 358 g/mol. The molecule has 142 valence electrons. The highest BCUT2D eigenvalue weighted by molar-refractivity contribution is 5.63. The Bertz CT molecular complexity index is 716. The third-order valence-electron chi connectivity index (χ3n) is 6.11. The maximum atomic E-state index is 10.1. The summed E-state index contributed by atoms with van der Waals surface area (Å²) in [6, 6.07) is 2.17. The van der Waals surface area contributed by atoms with Gasteiger partial charge in [0.15, 0.2) is 11.5 Å². The molecule has 0 saturated heterocycles. The summed E-state index contributed by atoms with van der Waals surface area (Å²) in [6.45, 7) is 2.90. The number of rotatable bonds is 5. The van der Waals surface area contributed by atoms with Crippen molar-refractivity contribution in [3.05, 3.63) is 34.9 Å². The number of ether oxygens (including phenoxy) is 2. The number of methoxy groups -OCH3 is 1. The lowest BCUT2D eigenvalue weighted by Gasteiger charge is -2.35. The van der Waals surface area contributed by atoms with Crippen LogP contribution >= 0.6 is 0 Å². The molecule has 0 fully saturated rings. The molecule has 0 saturated carbocycles. The number of aliphatic hydroxyl groups is 1. The van der Waals surface area contributed by atoms with E-state index < -0.39 is 6.10 Å². The van der Waals surface area contributed by atoms with E-state index >= 15 is 0 Å². The zero-order valence-corrected chi connectivity index (χ0v) is 16.0. The molecule has 5 nitrogen and oxygen atoms in total. The van der Waals surface area contributed by atoms with Gasteiger partial charge in [0.25, 0.3) is 0 Å². The van der Waals surface area contributed by atoms with Crippen LogP contribution in [0.25, 0.3) is 0 Å². The standard InChI is InChI=1S/C21H30N2O3/c1-23(2)10-4-5-14-11-17(25-3)20-19-16(14)13-22-9-8-21(19)7-6-15(24)12-18(21)26-20/h6-7,11,15,18,22,24H,4-5,8-10,12-13H2,1-3H3. The predicted octanol–water partition coefficient (Wildman–Crippen LogP) is 2.00. The molecule has 26 heavy (non-hydrogen) atoms. The highest BCUT2D eigenvalue weighted by atomic mass is 16.5. The zero-order valence-electron chi connectivity index (χ0n) is 16.0. The first-order valence-electron chi connectivity index (χ1n) is 9.68. The third kappa shape index (κ3) is 2.82. The molecule has 3 unspecified atom stereocenters. The molecule has 0 amide bonds. The van der Waals surface area contributed by atoms with E-state index in [0.29, 0.717) is 6.42 Å². The third-order valence-corrected chi connectivity index (χ3v) is 6.11. The van der Waals surface area contributed by atoms with Crippen molar-refractivity contribution < 1.29 is 14.6 Å². The van der Waals surface area contributed by atoms with Crippen LogP contribution in [-0.2, 0) is 18.4 Å². The number of hydrogen-bond donors (Lipinski definition) is 2. The Morgan fingerprint density at radius 3 is 3.04 bits per heavy atom. The summed E-state index contributed by atoms with van der Waals surface area (Å²) >= 11 is 0. The van der Waals surface area contributed by atoms with Crippen LogP contribution in [0.5, 0.6) is 11.5 Å². The van der Waals surface area contributed by atoms with E-state index in [1.807, 2.05) is 6.08 Å². The van der Waals surface area contributed by atoms with Gasteiger partial charge >= 0.3 is 0 Å². The summed E-state index contributed by atoms with van der Waals surface area (Å²) in [6.07, 6.45) is 7.51. The summed E-state index contributed by atoms with van der Waals surface area (Å²) < 4.78 is 12.1. The molecule has 1 spiro atoms. The lowest BCUT2D eigenvalue weighted by Crippen LogP contribution is -2.42. The quantitative estimate of drug-likeness (QED) is 0.789. The Morgan fingerprint density at radius 2 is 2.27 bits per heavy atom. The molecule has 0 bridgehead atoms. The molecule has 2 aliphatic heterocycles. The van der Waals surface area contributed by atoms with Gasteiger partial charge in [0.05, 0.1) is 18.6 Å². The van der Waals surface area contributed by atoms with Crippen LogP contribution in [0.1, 0.15) is 36.0 Å². The van der Waals surface area contributed by atoms with E-state index in [-0.39, 0.29) is 11.5 Å². The smallest absolute Gasteiger partial charge is 0.166 e. The lowest BCUT2D eigenvalue weighted by molar-refractivity contribution is 0.0851. The fourth-order valence-electron chi connectivity index (χ4n) is 4.82. The van der Waals surface area contributed by atoms with Crippen LogP contribution < -0.4 is 14.8 Å². The number of aliphatic hydroxyl groups excluding tert-OH is 1. The van der Waals surface area contributed by atoms with Gasteiger partial charge in [-0.15, -0.1) is 0 Å². The summed E-state index contributed by atoms with van der Waals surface area (Å²) in [5.41, 5.74) is 3.90. The topological polar surface area (TPSA) is 54.0 Å². The highest BCUT2D eigenvalue weighted by Crippen LogP contribution is 2.56. The summed E-state index contributed by atoms with van der Waals surface area (Å²) in [4.78, 5) is 2.23. The van der Waals surface area contributed by atoms with Crippen molar-refractivity contribution in [2.24, 2.45) is 0 Å². The van der Waals surface area contributed by atoms with Gasteiger partial charge in [0.2, 0.25) is 0 Å². The van der Waals surface area contributed by atoms with Gasteiger partial charge in [0.1, 0.15) is 6.10 Å². The number of nitrogens with one attached hydrogen (secondary N) is 1. The second kappa shape index (κ2) is 6.87. The second-order valence-electron chi connectivity index (χ2n) is 8.06. The normalized spacial score (nSPS) is 29.1. The van der Waals surface area contributed by atoms with Crippen LogP contribution in [0.15, 0.2) is 18.2 Å². The van der Waals surface area contributed by atoms with E-state index in [2.05, 4.69) is 36.5 Å². The van der Waals surface area contributed by atoms with Gasteiger partial charge in [-0.25, -0.2) is 0 Å². The molecule has 5 heteroatoms. The van der Waals surface area contributed by atoms with Crippen LogP contribution in [0, 0.1) is 0 Å². The lowest BCUT2D eigenvalue weighted by atomic mass is 9.68. The van der Waals surface area contributed by atoms with E-state index in [1.54, 1.807) is 7.11 Å². The fourth-order valence-corrected chi connectivity index (χ4v) is 4.82. The minimum Gasteiger partial charge on any atom is -0.493 e. The van der Waals surface area contributed by atoms with Gasteiger partial charge in [0, 0.05) is 18.5 Å². The second-order valence-corrected chi connectivity index (χ2v) is 8.06. The van der Waals surface area contributed by atoms with Gasteiger partial charge in [-0.1, -0.05) is 12.2 Å². The van der Waals surface area contributed by atoms with Crippen molar-refractivity contribution in [1.82, 2.24) is 10.2 Å². The van der Waals surface area contributed by atoms with Gasteiger partial charge < -0.3 is 24.8 Å². The van der Waals surface area contributed by atoms with Crippen molar-refractivity contribution >= 4 is 0 Å². The largest absolute Gasteiger partial charge is 0.493 e. The molecular weight excluding hydrogens is 328 g/mol. The Balaban J connectivity index is 1.82. The van der Waals surface area contributed by atoms with Gasteiger partial charge in [-0.05, 0) is 63.6 Å². The Morgan fingerprint density at radius 1 is 1.42 bits per heavy atom. The molecule has 3 aliphatic rings. The van der Waals surface area contributed by atoms with Crippen LogP contribution in [0.4, 0.5) is 0 Å². The van der Waals surface area contributed by atoms with E-state index in [1.165, 1.54) is 16.7 Å². The molecule has 2 N–H and O–H groups in total. The Labute approximate surface area is 156 Å². The van der Waals surface area contributed by atoms with E-state index in [0.717, 1.165) is 50.4 Å². The first-order valence-corrected chi connectivity index (χ1v) is 9.68. The van der Waals surface area contributed by atoms with E-state index in [9.17, 15) is 5.11 Å². The van der Waals surface area contributed by atoms with Crippen molar-refractivity contribution in [3.63, 3.8) is 0 Å². The van der Waals surface area contributed by atoms with E-state index in [4.69, 9.17) is 9.47 Å². The zero-order chi connectivity index (χ0) is 18.3. The number of nitrogens with zero attached hydrogens (tertiary/aromatic N) is 1. The van der Waals surface area contributed by atoms with Gasteiger partial charge in [-0.2, -0.15) is 0 Å². The molecule has 4 rings (SSSR count). The van der Waals surface area contributed by atoms with Crippen molar-refractivity contribution in [2.45, 2.75) is 49.9 Å². The van der Waals surface area contributed by atoms with Gasteiger partial charge in [-0.3, -0.25) is 0 Å². The SMILES string of the molecule is COc1cc(CCCN(C)C)c2c3c1OC1CC(O)C=CC31CCNC2. The maximum absolute atomic E-state index is 10.1. The number of aryl methyl sites for hydroxylation is 1. The predicted molar refractivity (Wildman–Crippen MR) is 102 cm³/mol. The molecule has 1 aromatic carbocycles. The summed E-state index contributed by atoms with van der Waals surface area (Å²) in [5, 5.41) is 13.7. The molecule has 1 aliphatic carbocycles. The molecule has 0 radical (unpaired) electrons. The minimum absolute atomic E-state index is 0.0120. The average Bonchev–Trinajstić information content (AvgIpc) is 2.80. The minimum atomic E-state index is -0.426. The van der Waals surface area contributed by atoms with Crippen molar-refractivity contribution in [3.8, 4) is 11.5 Å². The van der Waals surface area contributed by atoms with Crippen molar-refractivity contribution in [1.29, 1.82) is 0 Å². The molecular formula is C21H30N2O3. The molecule has 0 aromatic heterocycles. The van der Waals surface area contributed by atoms with Crippen LogP contribution in [-0.4, -0.2) is 56.5 Å². The first kappa shape index (κ1) is 17.8. The Hall–Kier alpha value is -1.56. The molecule has 2 heterocycles.